The summed E-state index contributed by atoms with van der Waals surface area (Å²) in [5.41, 5.74) is -0.582. The van der Waals surface area contributed by atoms with Crippen LogP contribution in [0.5, 0.6) is 0 Å². The maximum absolute atomic E-state index is 10.4. The maximum atomic E-state index is 10.4. The van der Waals surface area contributed by atoms with Crippen molar-refractivity contribution in [1.29, 1.82) is 0 Å². The van der Waals surface area contributed by atoms with Crippen molar-refractivity contribution in [2.45, 2.75) is 52.1 Å². The monoisotopic (exact) mass is 186 g/mol. The van der Waals surface area contributed by atoms with Crippen molar-refractivity contribution >= 4 is 0 Å². The lowest BCUT2D eigenvalue weighted by molar-refractivity contribution is -0.140. The first-order chi connectivity index (χ1) is 6.02. The normalized spacial score (nSPS) is 33.2. The molecule has 0 saturated heterocycles. The van der Waals surface area contributed by atoms with Gasteiger partial charge in [-0.25, -0.2) is 0 Å². The van der Waals surface area contributed by atoms with Crippen LogP contribution < -0.4 is 0 Å². The van der Waals surface area contributed by atoms with Crippen LogP contribution in [0.4, 0.5) is 0 Å². The largest absolute Gasteiger partial charge is 0.387 e. The van der Waals surface area contributed by atoms with Crippen molar-refractivity contribution in [3.05, 3.63) is 0 Å². The van der Waals surface area contributed by atoms with Crippen LogP contribution in [-0.4, -0.2) is 23.9 Å². The molecule has 1 unspecified atom stereocenters. The number of hydrogen-bond donors (Lipinski definition) is 1. The SMILES string of the molecule is CCOCC1(O)CCCCC1(C)C. The van der Waals surface area contributed by atoms with Crippen molar-refractivity contribution in [2.24, 2.45) is 5.41 Å². The Morgan fingerprint density at radius 3 is 2.38 bits per heavy atom. The summed E-state index contributed by atoms with van der Waals surface area (Å²) in [6.07, 6.45) is 4.37. The highest BCUT2D eigenvalue weighted by Crippen LogP contribution is 2.43. The van der Waals surface area contributed by atoms with Gasteiger partial charge in [-0.3, -0.25) is 0 Å². The van der Waals surface area contributed by atoms with E-state index < -0.39 is 5.60 Å². The first kappa shape index (κ1) is 11.0. The Labute approximate surface area is 81.3 Å². The van der Waals surface area contributed by atoms with E-state index in [1.807, 2.05) is 6.92 Å². The van der Waals surface area contributed by atoms with Crippen molar-refractivity contribution in [2.75, 3.05) is 13.2 Å². The molecule has 0 bridgehead atoms. The summed E-state index contributed by atoms with van der Waals surface area (Å²) < 4.78 is 5.36. The fraction of sp³-hybridized carbons (Fsp3) is 1.00. The molecule has 1 fully saturated rings. The number of aliphatic hydroxyl groups is 1. The minimum absolute atomic E-state index is 0.0143. The Kier molecular flexibility index (Phi) is 3.36. The highest BCUT2D eigenvalue weighted by molar-refractivity contribution is 4.96. The Balaban J connectivity index is 2.60. The molecule has 1 atom stereocenters. The molecule has 1 rings (SSSR count). The van der Waals surface area contributed by atoms with Gasteiger partial charge in [-0.05, 0) is 25.2 Å². The molecule has 1 saturated carbocycles. The number of hydrogen-bond acceptors (Lipinski definition) is 2. The quantitative estimate of drug-likeness (QED) is 0.733. The van der Waals surface area contributed by atoms with Gasteiger partial charge in [0.2, 0.25) is 0 Å². The summed E-state index contributed by atoms with van der Waals surface area (Å²) in [6, 6.07) is 0. The van der Waals surface area contributed by atoms with E-state index in [9.17, 15) is 5.11 Å². The molecule has 0 aromatic carbocycles. The third kappa shape index (κ3) is 2.23. The summed E-state index contributed by atoms with van der Waals surface area (Å²) in [4.78, 5) is 0. The Morgan fingerprint density at radius 1 is 1.23 bits per heavy atom. The zero-order valence-electron chi connectivity index (χ0n) is 9.10. The van der Waals surface area contributed by atoms with Crippen LogP contribution in [0.2, 0.25) is 0 Å². The summed E-state index contributed by atoms with van der Waals surface area (Å²) in [5, 5.41) is 10.4. The second-order valence-electron chi connectivity index (χ2n) is 4.76. The minimum atomic E-state index is -0.596. The van der Waals surface area contributed by atoms with Crippen LogP contribution in [-0.2, 0) is 4.74 Å². The van der Waals surface area contributed by atoms with Gasteiger partial charge in [0, 0.05) is 6.61 Å². The van der Waals surface area contributed by atoms with Gasteiger partial charge in [-0.1, -0.05) is 26.7 Å². The van der Waals surface area contributed by atoms with E-state index in [4.69, 9.17) is 4.74 Å². The van der Waals surface area contributed by atoms with Gasteiger partial charge in [0.1, 0.15) is 0 Å². The molecule has 0 aliphatic heterocycles. The molecule has 0 spiro atoms. The lowest BCUT2D eigenvalue weighted by Crippen LogP contribution is -2.50. The minimum Gasteiger partial charge on any atom is -0.387 e. The molecule has 2 heteroatoms. The summed E-state index contributed by atoms with van der Waals surface area (Å²) >= 11 is 0. The molecule has 1 N–H and O–H groups in total. The topological polar surface area (TPSA) is 29.5 Å². The molecule has 0 aromatic heterocycles. The lowest BCUT2D eigenvalue weighted by Gasteiger charge is -2.46. The van der Waals surface area contributed by atoms with Gasteiger partial charge >= 0.3 is 0 Å². The number of ether oxygens (including phenoxy) is 1. The second kappa shape index (κ2) is 3.97. The Morgan fingerprint density at radius 2 is 1.85 bits per heavy atom. The van der Waals surface area contributed by atoms with Crippen LogP contribution in [0.1, 0.15) is 46.5 Å². The molecule has 13 heavy (non-hydrogen) atoms. The fourth-order valence-electron chi connectivity index (χ4n) is 2.09. The average Bonchev–Trinajstić information content (AvgIpc) is 2.07. The first-order valence-electron chi connectivity index (χ1n) is 5.32. The Hall–Kier alpha value is -0.0800. The van der Waals surface area contributed by atoms with E-state index in [-0.39, 0.29) is 5.41 Å². The number of rotatable bonds is 3. The zero-order chi connectivity index (χ0) is 9.95. The van der Waals surface area contributed by atoms with Gasteiger partial charge in [-0.15, -0.1) is 0 Å². The molecular weight excluding hydrogens is 164 g/mol. The lowest BCUT2D eigenvalue weighted by atomic mass is 9.66. The van der Waals surface area contributed by atoms with Crippen LogP contribution in [0.15, 0.2) is 0 Å². The molecular formula is C11H22O2. The van der Waals surface area contributed by atoms with Crippen molar-refractivity contribution in [1.82, 2.24) is 0 Å². The third-order valence-corrected chi connectivity index (χ3v) is 3.45. The van der Waals surface area contributed by atoms with Gasteiger partial charge in [0.25, 0.3) is 0 Å². The van der Waals surface area contributed by atoms with Gasteiger partial charge < -0.3 is 9.84 Å². The molecule has 0 radical (unpaired) electrons. The standard InChI is InChI=1S/C11H22O2/c1-4-13-9-11(12)8-6-5-7-10(11,2)3/h12H,4-9H2,1-3H3. The van der Waals surface area contributed by atoms with Crippen LogP contribution in [0.3, 0.4) is 0 Å². The van der Waals surface area contributed by atoms with E-state index >= 15 is 0 Å². The predicted octanol–water partition coefficient (Wildman–Crippen LogP) is 2.35. The summed E-state index contributed by atoms with van der Waals surface area (Å²) in [6.45, 7) is 7.45. The van der Waals surface area contributed by atoms with E-state index in [0.29, 0.717) is 13.2 Å². The highest BCUT2D eigenvalue weighted by Gasteiger charge is 2.45. The molecule has 1 aliphatic carbocycles. The molecule has 0 aromatic rings. The molecule has 1 aliphatic rings. The van der Waals surface area contributed by atoms with Crippen LogP contribution in [0, 0.1) is 5.41 Å². The molecule has 2 nitrogen and oxygen atoms in total. The summed E-state index contributed by atoms with van der Waals surface area (Å²) in [5.74, 6) is 0. The van der Waals surface area contributed by atoms with Gasteiger partial charge in [0.15, 0.2) is 0 Å². The van der Waals surface area contributed by atoms with Gasteiger partial charge in [-0.2, -0.15) is 0 Å². The highest BCUT2D eigenvalue weighted by atomic mass is 16.5. The van der Waals surface area contributed by atoms with E-state index in [0.717, 1.165) is 19.3 Å². The average molecular weight is 186 g/mol. The third-order valence-electron chi connectivity index (χ3n) is 3.45. The van der Waals surface area contributed by atoms with E-state index in [2.05, 4.69) is 13.8 Å². The van der Waals surface area contributed by atoms with Crippen molar-refractivity contribution < 1.29 is 9.84 Å². The predicted molar refractivity (Wildman–Crippen MR) is 53.7 cm³/mol. The van der Waals surface area contributed by atoms with Crippen molar-refractivity contribution in [3.63, 3.8) is 0 Å². The second-order valence-corrected chi connectivity index (χ2v) is 4.76. The Bertz CT molecular complexity index is 165. The maximum Gasteiger partial charge on any atom is 0.0930 e. The van der Waals surface area contributed by atoms with Crippen LogP contribution >= 0.6 is 0 Å². The molecule has 0 heterocycles. The first-order valence-corrected chi connectivity index (χ1v) is 5.32. The zero-order valence-corrected chi connectivity index (χ0v) is 9.10. The van der Waals surface area contributed by atoms with E-state index in [1.54, 1.807) is 0 Å². The van der Waals surface area contributed by atoms with Gasteiger partial charge in [0.05, 0.1) is 12.2 Å². The van der Waals surface area contributed by atoms with Crippen molar-refractivity contribution in [3.8, 4) is 0 Å². The molecule has 0 amide bonds. The smallest absolute Gasteiger partial charge is 0.0930 e. The molecule has 78 valence electrons. The van der Waals surface area contributed by atoms with Crippen LogP contribution in [0.25, 0.3) is 0 Å². The van der Waals surface area contributed by atoms with E-state index in [1.165, 1.54) is 6.42 Å². The fourth-order valence-corrected chi connectivity index (χ4v) is 2.09. The summed E-state index contributed by atoms with van der Waals surface area (Å²) in [7, 11) is 0.